The van der Waals surface area contributed by atoms with Gasteiger partial charge in [0.05, 0.1) is 7.11 Å². The summed E-state index contributed by atoms with van der Waals surface area (Å²) < 4.78 is 12.3. The van der Waals surface area contributed by atoms with E-state index in [1.54, 1.807) is 7.11 Å². The molecule has 0 radical (unpaired) electrons. The molecule has 4 heteroatoms. The summed E-state index contributed by atoms with van der Waals surface area (Å²) in [6.45, 7) is 2.63. The van der Waals surface area contributed by atoms with E-state index < -0.39 is 0 Å². The molecule has 0 spiro atoms. The first-order valence-corrected chi connectivity index (χ1v) is 7.65. The van der Waals surface area contributed by atoms with Gasteiger partial charge in [0.25, 0.3) is 0 Å². The maximum atomic E-state index is 5.98. The van der Waals surface area contributed by atoms with Crippen molar-refractivity contribution >= 4 is 15.9 Å². The Kier molecular flexibility index (Phi) is 5.65. The second-order valence-corrected chi connectivity index (χ2v) is 5.75. The molecule has 0 amide bonds. The van der Waals surface area contributed by atoms with Crippen molar-refractivity contribution in [2.24, 2.45) is 0 Å². The van der Waals surface area contributed by atoms with Crippen LogP contribution in [0, 0.1) is 0 Å². The van der Waals surface area contributed by atoms with Crippen LogP contribution in [0.3, 0.4) is 0 Å². The minimum Gasteiger partial charge on any atom is -0.497 e. The van der Waals surface area contributed by atoms with Crippen molar-refractivity contribution in [3.63, 3.8) is 0 Å². The van der Waals surface area contributed by atoms with Crippen molar-refractivity contribution in [2.45, 2.75) is 19.6 Å². The normalized spacial score (nSPS) is 12.0. The Morgan fingerprint density at radius 2 is 2.00 bits per heavy atom. The molecule has 0 saturated heterocycles. The molecule has 0 heterocycles. The second kappa shape index (κ2) is 7.48. The molecule has 0 aliphatic rings. The molecule has 0 aliphatic heterocycles. The van der Waals surface area contributed by atoms with Crippen LogP contribution < -0.4 is 14.8 Å². The zero-order valence-electron chi connectivity index (χ0n) is 12.5. The molecule has 21 heavy (non-hydrogen) atoms. The van der Waals surface area contributed by atoms with Gasteiger partial charge >= 0.3 is 0 Å². The maximum absolute atomic E-state index is 5.98. The highest BCUT2D eigenvalue weighted by Gasteiger charge is 2.11. The molecule has 0 aromatic heterocycles. The van der Waals surface area contributed by atoms with E-state index in [-0.39, 0.29) is 6.04 Å². The fourth-order valence-electron chi connectivity index (χ4n) is 2.07. The third-order valence-electron chi connectivity index (χ3n) is 3.40. The number of benzene rings is 2. The van der Waals surface area contributed by atoms with E-state index in [1.165, 1.54) is 0 Å². The van der Waals surface area contributed by atoms with E-state index in [4.69, 9.17) is 9.47 Å². The fourth-order valence-corrected chi connectivity index (χ4v) is 2.45. The average Bonchev–Trinajstić information content (AvgIpc) is 2.53. The molecule has 112 valence electrons. The fraction of sp³-hybridized carbons (Fsp3) is 0.294. The highest BCUT2D eigenvalue weighted by atomic mass is 79.9. The van der Waals surface area contributed by atoms with Gasteiger partial charge < -0.3 is 14.8 Å². The van der Waals surface area contributed by atoms with Gasteiger partial charge in [0.15, 0.2) is 0 Å². The summed E-state index contributed by atoms with van der Waals surface area (Å²) in [7, 11) is 3.61. The first kappa shape index (κ1) is 15.9. The molecule has 0 saturated carbocycles. The Balaban J connectivity index is 2.15. The van der Waals surface area contributed by atoms with Gasteiger partial charge in [-0.3, -0.25) is 0 Å². The summed E-state index contributed by atoms with van der Waals surface area (Å²) in [5.74, 6) is 1.73. The Bertz CT molecular complexity index is 601. The predicted molar refractivity (Wildman–Crippen MR) is 88.9 cm³/mol. The first-order valence-electron chi connectivity index (χ1n) is 6.86. The topological polar surface area (TPSA) is 30.5 Å². The molecular formula is C17H20BrNO2. The number of halogens is 1. The predicted octanol–water partition coefficient (Wildman–Crippen LogP) is 4.32. The van der Waals surface area contributed by atoms with E-state index in [0.29, 0.717) is 6.61 Å². The van der Waals surface area contributed by atoms with Crippen molar-refractivity contribution in [3.05, 3.63) is 58.1 Å². The highest BCUT2D eigenvalue weighted by Crippen LogP contribution is 2.29. The molecule has 1 atom stereocenters. The number of ether oxygens (including phenoxy) is 2. The van der Waals surface area contributed by atoms with Crippen LogP contribution in [-0.2, 0) is 6.61 Å². The van der Waals surface area contributed by atoms with E-state index in [2.05, 4.69) is 34.2 Å². The molecule has 1 N–H and O–H groups in total. The van der Waals surface area contributed by atoms with Crippen molar-refractivity contribution in [3.8, 4) is 11.5 Å². The van der Waals surface area contributed by atoms with Crippen LogP contribution >= 0.6 is 15.9 Å². The monoisotopic (exact) mass is 349 g/mol. The van der Waals surface area contributed by atoms with Gasteiger partial charge in [0.2, 0.25) is 0 Å². The number of methoxy groups -OCH3 is 1. The molecule has 0 fully saturated rings. The van der Waals surface area contributed by atoms with Crippen molar-refractivity contribution in [1.82, 2.24) is 5.32 Å². The zero-order chi connectivity index (χ0) is 15.2. The van der Waals surface area contributed by atoms with Crippen molar-refractivity contribution < 1.29 is 9.47 Å². The van der Waals surface area contributed by atoms with E-state index in [1.807, 2.05) is 43.4 Å². The highest BCUT2D eigenvalue weighted by molar-refractivity contribution is 9.10. The molecular weight excluding hydrogens is 330 g/mol. The van der Waals surface area contributed by atoms with E-state index >= 15 is 0 Å². The standard InChI is InChI=1S/C17H20BrNO2/c1-12(19-2)16-10-14(18)7-8-17(16)21-11-13-5-4-6-15(9-13)20-3/h4-10,12,19H,11H2,1-3H3. The van der Waals surface area contributed by atoms with Crippen LogP contribution in [0.15, 0.2) is 46.9 Å². The lowest BCUT2D eigenvalue weighted by atomic mass is 10.1. The molecule has 1 unspecified atom stereocenters. The van der Waals surface area contributed by atoms with Crippen molar-refractivity contribution in [1.29, 1.82) is 0 Å². The van der Waals surface area contributed by atoms with Crippen LogP contribution in [0.1, 0.15) is 24.1 Å². The van der Waals surface area contributed by atoms with E-state index in [0.717, 1.165) is 27.1 Å². The van der Waals surface area contributed by atoms with Gasteiger partial charge in [0.1, 0.15) is 18.1 Å². The SMILES string of the molecule is CNC(C)c1cc(Br)ccc1OCc1cccc(OC)c1. The molecule has 2 rings (SSSR count). The Morgan fingerprint density at radius 3 is 2.71 bits per heavy atom. The molecule has 2 aromatic carbocycles. The van der Waals surface area contributed by atoms with Crippen LogP contribution in [0.25, 0.3) is 0 Å². The minimum atomic E-state index is 0.225. The first-order chi connectivity index (χ1) is 10.1. The van der Waals surface area contributed by atoms with Gasteiger partial charge in [-0.05, 0) is 49.9 Å². The smallest absolute Gasteiger partial charge is 0.124 e. The maximum Gasteiger partial charge on any atom is 0.124 e. The third-order valence-corrected chi connectivity index (χ3v) is 3.89. The number of rotatable bonds is 6. The number of nitrogens with one attached hydrogen (secondary N) is 1. The van der Waals surface area contributed by atoms with Gasteiger partial charge in [-0.2, -0.15) is 0 Å². The van der Waals surface area contributed by atoms with Crippen LogP contribution in [0.2, 0.25) is 0 Å². The van der Waals surface area contributed by atoms with Crippen LogP contribution in [0.4, 0.5) is 0 Å². The zero-order valence-corrected chi connectivity index (χ0v) is 14.1. The Hall–Kier alpha value is -1.52. The molecule has 0 aliphatic carbocycles. The van der Waals surface area contributed by atoms with Crippen LogP contribution in [0.5, 0.6) is 11.5 Å². The lowest BCUT2D eigenvalue weighted by molar-refractivity contribution is 0.299. The lowest BCUT2D eigenvalue weighted by Gasteiger charge is -2.17. The quantitative estimate of drug-likeness (QED) is 0.842. The lowest BCUT2D eigenvalue weighted by Crippen LogP contribution is -2.13. The van der Waals surface area contributed by atoms with Gasteiger partial charge in [-0.1, -0.05) is 28.1 Å². The summed E-state index contributed by atoms with van der Waals surface area (Å²) >= 11 is 3.51. The summed E-state index contributed by atoms with van der Waals surface area (Å²) in [6.07, 6.45) is 0. The average molecular weight is 350 g/mol. The second-order valence-electron chi connectivity index (χ2n) is 4.83. The third kappa shape index (κ3) is 4.22. The Labute approximate surface area is 134 Å². The summed E-state index contributed by atoms with van der Waals surface area (Å²) in [5, 5.41) is 3.24. The molecule has 3 nitrogen and oxygen atoms in total. The molecule has 0 bridgehead atoms. The van der Waals surface area contributed by atoms with Gasteiger partial charge in [0, 0.05) is 16.1 Å². The van der Waals surface area contributed by atoms with Crippen molar-refractivity contribution in [2.75, 3.05) is 14.2 Å². The van der Waals surface area contributed by atoms with Gasteiger partial charge in [-0.25, -0.2) is 0 Å². The summed E-state index contributed by atoms with van der Waals surface area (Å²) in [6, 6.07) is 14.2. The largest absolute Gasteiger partial charge is 0.497 e. The summed E-state index contributed by atoms with van der Waals surface area (Å²) in [5.41, 5.74) is 2.22. The van der Waals surface area contributed by atoms with Crippen LogP contribution in [-0.4, -0.2) is 14.2 Å². The van der Waals surface area contributed by atoms with E-state index in [9.17, 15) is 0 Å². The summed E-state index contributed by atoms with van der Waals surface area (Å²) in [4.78, 5) is 0. The van der Waals surface area contributed by atoms with Gasteiger partial charge in [-0.15, -0.1) is 0 Å². The number of hydrogen-bond acceptors (Lipinski definition) is 3. The number of hydrogen-bond donors (Lipinski definition) is 1. The molecule has 2 aromatic rings. The minimum absolute atomic E-state index is 0.225. The Morgan fingerprint density at radius 1 is 1.19 bits per heavy atom.